The monoisotopic (exact) mass is 428 g/mol. The lowest BCUT2D eigenvalue weighted by atomic mass is 9.44. The molecule has 32 heavy (non-hydrogen) atoms. The largest absolute Gasteiger partial charge is 0.507 e. The molecule has 2 nitrogen and oxygen atoms in total. The number of phenolic OH excluding ortho intramolecular Hbond substituents is 2. The minimum absolute atomic E-state index is 0.147. The lowest BCUT2D eigenvalue weighted by Gasteiger charge is -2.61. The third kappa shape index (κ3) is 2.37. The summed E-state index contributed by atoms with van der Waals surface area (Å²) in [5, 5.41) is 24.6. The zero-order valence-corrected chi connectivity index (χ0v) is 19.2. The summed E-state index contributed by atoms with van der Waals surface area (Å²) in [6.45, 7) is 0. The number of benzene rings is 2. The molecule has 2 aromatic rings. The zero-order chi connectivity index (χ0) is 21.2. The van der Waals surface area contributed by atoms with Crippen LogP contribution in [-0.2, 0) is 10.8 Å². The van der Waals surface area contributed by atoms with E-state index < -0.39 is 0 Å². The first-order valence-electron chi connectivity index (χ1n) is 13.5. The van der Waals surface area contributed by atoms with E-state index in [0.717, 1.165) is 40.9 Å². The number of rotatable bonds is 2. The third-order valence-corrected chi connectivity index (χ3v) is 11.3. The van der Waals surface area contributed by atoms with Gasteiger partial charge in [0.2, 0.25) is 0 Å². The van der Waals surface area contributed by atoms with Crippen LogP contribution in [0.5, 0.6) is 11.5 Å². The maximum atomic E-state index is 12.0. The van der Waals surface area contributed by atoms with Crippen molar-refractivity contribution in [3.8, 4) is 11.5 Å². The first-order valence-corrected chi connectivity index (χ1v) is 13.5. The molecule has 0 atom stereocenters. The minimum atomic E-state index is 0.147. The van der Waals surface area contributed by atoms with E-state index in [4.69, 9.17) is 0 Å². The standard InChI is InChI=1S/C30H36O2/c31-25-3-1-2-23-10-24(29-11-17-4-18(12-29)6-19(5-17)13-29)27(28(32)26(23)25)30-14-20-7-21(15-30)9-22(8-20)16-30/h1-3,10,17-22,31-32H,4-9,11-16H2. The number of fused-ring (bicyclic) bond motifs is 1. The molecule has 2 heteroatoms. The predicted molar refractivity (Wildman–Crippen MR) is 127 cm³/mol. The summed E-state index contributed by atoms with van der Waals surface area (Å²) in [6.07, 6.45) is 16.4. The van der Waals surface area contributed by atoms with E-state index >= 15 is 0 Å². The summed E-state index contributed by atoms with van der Waals surface area (Å²) in [5.74, 6) is 5.95. The van der Waals surface area contributed by atoms with Crippen LogP contribution in [-0.4, -0.2) is 10.2 Å². The van der Waals surface area contributed by atoms with Crippen LogP contribution in [0.15, 0.2) is 24.3 Å². The Balaban J connectivity index is 1.40. The maximum absolute atomic E-state index is 12.0. The Morgan fingerprint density at radius 2 is 1.09 bits per heavy atom. The molecule has 8 saturated carbocycles. The number of hydrogen-bond acceptors (Lipinski definition) is 2. The Labute approximate surface area is 191 Å². The molecular weight excluding hydrogens is 392 g/mol. The Morgan fingerprint density at radius 1 is 0.625 bits per heavy atom. The van der Waals surface area contributed by atoms with E-state index in [0.29, 0.717) is 11.1 Å². The normalized spacial score (nSPS) is 45.8. The lowest BCUT2D eigenvalue weighted by molar-refractivity contribution is -0.0181. The third-order valence-electron chi connectivity index (χ3n) is 11.3. The summed E-state index contributed by atoms with van der Waals surface area (Å²) >= 11 is 0. The summed E-state index contributed by atoms with van der Waals surface area (Å²) in [7, 11) is 0. The molecule has 168 valence electrons. The van der Waals surface area contributed by atoms with Gasteiger partial charge in [0.05, 0.1) is 5.39 Å². The molecule has 8 fully saturated rings. The van der Waals surface area contributed by atoms with Gasteiger partial charge in [0.15, 0.2) is 0 Å². The van der Waals surface area contributed by atoms with Gasteiger partial charge in [-0.05, 0) is 141 Å². The number of phenols is 2. The molecule has 10 rings (SSSR count). The molecule has 0 saturated heterocycles. The van der Waals surface area contributed by atoms with Crippen molar-refractivity contribution in [2.45, 2.75) is 87.9 Å². The average Bonchev–Trinajstić information content (AvgIpc) is 2.71. The van der Waals surface area contributed by atoms with Crippen molar-refractivity contribution >= 4 is 10.8 Å². The van der Waals surface area contributed by atoms with Gasteiger partial charge in [-0.3, -0.25) is 0 Å². The van der Waals surface area contributed by atoms with Gasteiger partial charge in [0, 0.05) is 11.0 Å². The van der Waals surface area contributed by atoms with Crippen LogP contribution in [0.3, 0.4) is 0 Å². The lowest BCUT2D eigenvalue weighted by Crippen LogP contribution is -2.52. The van der Waals surface area contributed by atoms with E-state index in [2.05, 4.69) is 12.1 Å². The van der Waals surface area contributed by atoms with E-state index in [-0.39, 0.29) is 16.6 Å². The highest BCUT2D eigenvalue weighted by molar-refractivity contribution is 5.96. The molecule has 0 spiro atoms. The van der Waals surface area contributed by atoms with Gasteiger partial charge < -0.3 is 10.2 Å². The Hall–Kier alpha value is -1.70. The SMILES string of the molecule is Oc1cccc2cc(C34CC5CC(CC(C5)C3)C4)c(C34CC5CC(CC(C5)C3)C4)c(O)c12. The molecule has 0 aliphatic heterocycles. The van der Waals surface area contributed by atoms with Gasteiger partial charge in [-0.25, -0.2) is 0 Å². The second kappa shape index (κ2) is 6.05. The molecule has 0 aromatic heterocycles. The van der Waals surface area contributed by atoms with Gasteiger partial charge in [-0.2, -0.15) is 0 Å². The van der Waals surface area contributed by atoms with Crippen molar-refractivity contribution in [2.24, 2.45) is 35.5 Å². The summed E-state index contributed by atoms with van der Waals surface area (Å²) in [5.41, 5.74) is 3.25. The molecule has 0 unspecified atom stereocenters. The van der Waals surface area contributed by atoms with E-state index in [1.54, 1.807) is 6.07 Å². The maximum Gasteiger partial charge on any atom is 0.131 e. The fourth-order valence-corrected chi connectivity index (χ4v) is 11.2. The van der Waals surface area contributed by atoms with Crippen molar-refractivity contribution in [2.75, 3.05) is 0 Å². The molecule has 8 bridgehead atoms. The minimum Gasteiger partial charge on any atom is -0.507 e. The summed E-state index contributed by atoms with van der Waals surface area (Å²) in [4.78, 5) is 0. The molecule has 2 aromatic carbocycles. The second-order valence-electron chi connectivity index (χ2n) is 13.4. The van der Waals surface area contributed by atoms with Crippen LogP contribution >= 0.6 is 0 Å². The smallest absolute Gasteiger partial charge is 0.131 e. The molecule has 8 aliphatic carbocycles. The highest BCUT2D eigenvalue weighted by Gasteiger charge is 2.57. The fraction of sp³-hybridized carbons (Fsp3) is 0.667. The van der Waals surface area contributed by atoms with Crippen molar-refractivity contribution in [1.29, 1.82) is 0 Å². The Kier molecular flexibility index (Phi) is 3.53. The van der Waals surface area contributed by atoms with Crippen LogP contribution < -0.4 is 0 Å². The van der Waals surface area contributed by atoms with Crippen LogP contribution in [0.4, 0.5) is 0 Å². The van der Waals surface area contributed by atoms with Gasteiger partial charge in [-0.15, -0.1) is 0 Å². The van der Waals surface area contributed by atoms with Gasteiger partial charge in [0.1, 0.15) is 11.5 Å². The average molecular weight is 429 g/mol. The molecule has 2 N–H and O–H groups in total. The summed E-state index contributed by atoms with van der Waals surface area (Å²) < 4.78 is 0. The first kappa shape index (κ1) is 18.7. The van der Waals surface area contributed by atoms with Gasteiger partial charge in [0.25, 0.3) is 0 Å². The van der Waals surface area contributed by atoms with Crippen molar-refractivity contribution < 1.29 is 10.2 Å². The van der Waals surface area contributed by atoms with Crippen molar-refractivity contribution in [3.63, 3.8) is 0 Å². The van der Waals surface area contributed by atoms with E-state index in [1.807, 2.05) is 6.07 Å². The summed E-state index contributed by atoms with van der Waals surface area (Å²) in [6, 6.07) is 8.28. The zero-order valence-electron chi connectivity index (χ0n) is 19.2. The van der Waals surface area contributed by atoms with Crippen LogP contribution in [0.2, 0.25) is 0 Å². The Morgan fingerprint density at radius 3 is 1.59 bits per heavy atom. The quantitative estimate of drug-likeness (QED) is 0.531. The highest BCUT2D eigenvalue weighted by Crippen LogP contribution is 2.67. The van der Waals surface area contributed by atoms with Gasteiger partial charge >= 0.3 is 0 Å². The first-order chi connectivity index (χ1) is 15.5. The molecule has 0 heterocycles. The highest BCUT2D eigenvalue weighted by atomic mass is 16.3. The molecular formula is C30H36O2. The number of aromatic hydroxyl groups is 2. The van der Waals surface area contributed by atoms with Crippen LogP contribution in [0.25, 0.3) is 10.8 Å². The van der Waals surface area contributed by atoms with E-state index in [1.165, 1.54) is 88.2 Å². The fourth-order valence-electron chi connectivity index (χ4n) is 11.2. The predicted octanol–water partition coefficient (Wildman–Crippen LogP) is 7.19. The van der Waals surface area contributed by atoms with Gasteiger partial charge in [-0.1, -0.05) is 12.1 Å². The topological polar surface area (TPSA) is 40.5 Å². The molecule has 8 aliphatic rings. The van der Waals surface area contributed by atoms with Crippen molar-refractivity contribution in [1.82, 2.24) is 0 Å². The van der Waals surface area contributed by atoms with E-state index in [9.17, 15) is 10.2 Å². The number of hydrogen-bond donors (Lipinski definition) is 2. The second-order valence-corrected chi connectivity index (χ2v) is 13.4. The molecule has 0 amide bonds. The van der Waals surface area contributed by atoms with Crippen LogP contribution in [0, 0.1) is 35.5 Å². The van der Waals surface area contributed by atoms with Crippen molar-refractivity contribution in [3.05, 3.63) is 35.4 Å². The van der Waals surface area contributed by atoms with Crippen LogP contribution in [0.1, 0.15) is 88.2 Å². The molecule has 0 radical (unpaired) electrons. The Bertz CT molecular complexity index is 1060.